The quantitative estimate of drug-likeness (QED) is 0.342. The SMILES string of the molecule is CCCOc1ccc(C(O)=C2C(=O)C(=O)N(CCCN3CCOCC3)[C@@H]2c2cccs2)cc1. The van der Waals surface area contributed by atoms with Crippen molar-refractivity contribution >= 4 is 28.8 Å². The van der Waals surface area contributed by atoms with Crippen molar-refractivity contribution in [2.24, 2.45) is 0 Å². The minimum atomic E-state index is -0.636. The second kappa shape index (κ2) is 11.0. The smallest absolute Gasteiger partial charge is 0.295 e. The summed E-state index contributed by atoms with van der Waals surface area (Å²) in [5.41, 5.74) is 0.641. The van der Waals surface area contributed by atoms with Crippen LogP contribution in [0.2, 0.25) is 0 Å². The number of aliphatic hydroxyl groups excluding tert-OH is 1. The van der Waals surface area contributed by atoms with Gasteiger partial charge in [0.05, 0.1) is 31.4 Å². The van der Waals surface area contributed by atoms with Crippen molar-refractivity contribution in [3.05, 3.63) is 57.8 Å². The van der Waals surface area contributed by atoms with Gasteiger partial charge in [0, 0.05) is 36.6 Å². The summed E-state index contributed by atoms with van der Waals surface area (Å²) in [6.07, 6.45) is 1.65. The van der Waals surface area contributed by atoms with Crippen molar-refractivity contribution in [2.45, 2.75) is 25.8 Å². The van der Waals surface area contributed by atoms with Gasteiger partial charge in [0.25, 0.3) is 11.7 Å². The van der Waals surface area contributed by atoms with Crippen LogP contribution < -0.4 is 4.74 Å². The van der Waals surface area contributed by atoms with E-state index in [1.807, 2.05) is 24.4 Å². The van der Waals surface area contributed by atoms with Crippen LogP contribution in [-0.2, 0) is 14.3 Å². The molecule has 2 saturated heterocycles. The Bertz CT molecular complexity index is 981. The molecule has 1 aromatic heterocycles. The third kappa shape index (κ3) is 5.29. The average molecular weight is 471 g/mol. The van der Waals surface area contributed by atoms with E-state index in [0.29, 0.717) is 24.5 Å². The number of Topliss-reactive ketones (excluding diaryl/α,β-unsaturated/α-hetero) is 1. The molecule has 1 N–H and O–H groups in total. The third-order valence-corrected chi connectivity index (χ3v) is 6.86. The Hall–Kier alpha value is -2.68. The highest BCUT2D eigenvalue weighted by molar-refractivity contribution is 7.10. The first-order valence-corrected chi connectivity index (χ1v) is 12.3. The van der Waals surface area contributed by atoms with Gasteiger partial charge in [0.1, 0.15) is 11.5 Å². The summed E-state index contributed by atoms with van der Waals surface area (Å²) in [6, 6.07) is 10.2. The van der Waals surface area contributed by atoms with Crippen molar-refractivity contribution in [1.29, 1.82) is 0 Å². The maximum Gasteiger partial charge on any atom is 0.295 e. The molecule has 1 aromatic carbocycles. The van der Waals surface area contributed by atoms with Crippen LogP contribution in [0.15, 0.2) is 47.4 Å². The lowest BCUT2D eigenvalue weighted by Crippen LogP contribution is -2.38. The number of thiophene rings is 1. The topological polar surface area (TPSA) is 79.3 Å². The van der Waals surface area contributed by atoms with Crippen molar-refractivity contribution in [1.82, 2.24) is 9.80 Å². The van der Waals surface area contributed by atoms with Crippen LogP contribution in [0.25, 0.3) is 5.76 Å². The number of amides is 1. The van der Waals surface area contributed by atoms with E-state index >= 15 is 0 Å². The van der Waals surface area contributed by atoms with Crippen LogP contribution in [0.5, 0.6) is 5.75 Å². The minimum absolute atomic E-state index is 0.149. The van der Waals surface area contributed by atoms with Crippen LogP contribution in [0.3, 0.4) is 0 Å². The third-order valence-electron chi connectivity index (χ3n) is 5.93. The number of aliphatic hydroxyl groups is 1. The number of likely N-dealkylation sites (tertiary alicyclic amines) is 1. The summed E-state index contributed by atoms with van der Waals surface area (Å²) >= 11 is 1.48. The van der Waals surface area contributed by atoms with E-state index in [-0.39, 0.29) is 11.3 Å². The second-order valence-corrected chi connectivity index (χ2v) is 9.17. The number of ketones is 1. The molecule has 7 nitrogen and oxygen atoms in total. The molecule has 1 amide bonds. The highest BCUT2D eigenvalue weighted by atomic mass is 32.1. The molecule has 2 aliphatic rings. The van der Waals surface area contributed by atoms with E-state index in [9.17, 15) is 14.7 Å². The summed E-state index contributed by atoms with van der Waals surface area (Å²) in [6.45, 7) is 7.14. The molecule has 0 aliphatic carbocycles. The first-order valence-electron chi connectivity index (χ1n) is 11.4. The first kappa shape index (κ1) is 23.5. The zero-order chi connectivity index (χ0) is 23.2. The zero-order valence-corrected chi connectivity index (χ0v) is 19.7. The van der Waals surface area contributed by atoms with Crippen LogP contribution in [0.4, 0.5) is 0 Å². The van der Waals surface area contributed by atoms with Gasteiger partial charge in [0.2, 0.25) is 0 Å². The largest absolute Gasteiger partial charge is 0.507 e. The van der Waals surface area contributed by atoms with E-state index in [4.69, 9.17) is 9.47 Å². The summed E-state index contributed by atoms with van der Waals surface area (Å²) < 4.78 is 11.0. The van der Waals surface area contributed by atoms with Crippen molar-refractivity contribution in [3.8, 4) is 5.75 Å². The predicted octanol–water partition coefficient (Wildman–Crippen LogP) is 3.68. The van der Waals surface area contributed by atoms with Crippen LogP contribution in [-0.4, -0.2) is 72.6 Å². The van der Waals surface area contributed by atoms with E-state index in [1.54, 1.807) is 29.2 Å². The molecule has 0 bridgehead atoms. The lowest BCUT2D eigenvalue weighted by Gasteiger charge is -2.28. The number of hydrogen-bond acceptors (Lipinski definition) is 7. The highest BCUT2D eigenvalue weighted by Crippen LogP contribution is 2.41. The lowest BCUT2D eigenvalue weighted by molar-refractivity contribution is -0.140. The number of morpholine rings is 1. The fourth-order valence-corrected chi connectivity index (χ4v) is 5.07. The standard InChI is InChI=1S/C25H30N2O5S/c1-2-14-32-19-8-6-18(7-9-19)23(28)21-22(20-5-3-17-33-20)27(25(30)24(21)29)11-4-10-26-12-15-31-16-13-26/h3,5-9,17,22,28H,2,4,10-16H2,1H3/t22-/m1/s1. The number of hydrogen-bond donors (Lipinski definition) is 1. The number of carbonyl (C=O) groups excluding carboxylic acids is 2. The maximum absolute atomic E-state index is 13.1. The van der Waals surface area contributed by atoms with Gasteiger partial charge in [-0.2, -0.15) is 0 Å². The molecule has 2 fully saturated rings. The number of rotatable bonds is 9. The lowest BCUT2D eigenvalue weighted by atomic mass is 10.00. The van der Waals surface area contributed by atoms with Crippen LogP contribution in [0.1, 0.15) is 36.2 Å². The van der Waals surface area contributed by atoms with Crippen molar-refractivity contribution in [3.63, 3.8) is 0 Å². The number of benzene rings is 1. The number of nitrogens with zero attached hydrogens (tertiary/aromatic N) is 2. The number of ether oxygens (including phenoxy) is 2. The molecule has 1 atom stereocenters. The highest BCUT2D eigenvalue weighted by Gasteiger charge is 2.46. The van der Waals surface area contributed by atoms with Gasteiger partial charge >= 0.3 is 0 Å². The van der Waals surface area contributed by atoms with Crippen LogP contribution >= 0.6 is 11.3 Å². The van der Waals surface area contributed by atoms with Gasteiger partial charge in [-0.15, -0.1) is 11.3 Å². The molecule has 2 aliphatic heterocycles. The van der Waals surface area contributed by atoms with E-state index in [0.717, 1.165) is 50.6 Å². The monoisotopic (exact) mass is 470 g/mol. The minimum Gasteiger partial charge on any atom is -0.507 e. The Balaban J connectivity index is 1.58. The Kier molecular flexibility index (Phi) is 7.80. The van der Waals surface area contributed by atoms with E-state index in [2.05, 4.69) is 4.90 Å². The van der Waals surface area contributed by atoms with E-state index in [1.165, 1.54) is 11.3 Å². The van der Waals surface area contributed by atoms with Gasteiger partial charge in [-0.25, -0.2) is 0 Å². The molecular weight excluding hydrogens is 440 g/mol. The Labute approximate surface area is 198 Å². The molecule has 0 saturated carbocycles. The first-order chi connectivity index (χ1) is 16.1. The molecule has 4 rings (SSSR count). The molecule has 33 heavy (non-hydrogen) atoms. The summed E-state index contributed by atoms with van der Waals surface area (Å²) in [5.74, 6) is -0.639. The molecule has 176 valence electrons. The number of carbonyl (C=O) groups is 2. The molecule has 2 aromatic rings. The zero-order valence-electron chi connectivity index (χ0n) is 18.9. The molecular formula is C25H30N2O5S. The summed E-state index contributed by atoms with van der Waals surface area (Å²) in [7, 11) is 0. The van der Waals surface area contributed by atoms with Crippen molar-refractivity contribution < 1.29 is 24.2 Å². The Morgan fingerprint density at radius 3 is 2.58 bits per heavy atom. The molecule has 0 radical (unpaired) electrons. The molecule has 8 heteroatoms. The Morgan fingerprint density at radius 2 is 1.91 bits per heavy atom. The molecule has 0 unspecified atom stereocenters. The fourth-order valence-electron chi connectivity index (χ4n) is 4.23. The van der Waals surface area contributed by atoms with Gasteiger partial charge in [-0.3, -0.25) is 14.5 Å². The molecule has 0 spiro atoms. The normalized spacial score (nSPS) is 21.0. The van der Waals surface area contributed by atoms with Crippen LogP contribution in [0, 0.1) is 0 Å². The predicted molar refractivity (Wildman–Crippen MR) is 127 cm³/mol. The van der Waals surface area contributed by atoms with Gasteiger partial charge in [-0.05, 0) is 48.6 Å². The van der Waals surface area contributed by atoms with Gasteiger partial charge in [-0.1, -0.05) is 13.0 Å². The molecule has 3 heterocycles. The Morgan fingerprint density at radius 1 is 1.15 bits per heavy atom. The summed E-state index contributed by atoms with van der Waals surface area (Å²) in [5, 5.41) is 13.0. The summed E-state index contributed by atoms with van der Waals surface area (Å²) in [4.78, 5) is 30.8. The second-order valence-electron chi connectivity index (χ2n) is 8.19. The van der Waals surface area contributed by atoms with E-state index < -0.39 is 17.7 Å². The maximum atomic E-state index is 13.1. The van der Waals surface area contributed by atoms with Gasteiger partial charge in [0.15, 0.2) is 0 Å². The van der Waals surface area contributed by atoms with Crippen molar-refractivity contribution in [2.75, 3.05) is 46.0 Å². The fraction of sp³-hybridized carbons (Fsp3) is 0.440. The average Bonchev–Trinajstić information content (AvgIpc) is 3.46. The van der Waals surface area contributed by atoms with Gasteiger partial charge < -0.3 is 19.5 Å².